The molecule has 16 heavy (non-hydrogen) atoms. The van der Waals surface area contributed by atoms with Crippen molar-refractivity contribution in [3.8, 4) is 0 Å². The van der Waals surface area contributed by atoms with E-state index in [2.05, 4.69) is 5.32 Å². The zero-order chi connectivity index (χ0) is 12.3. The number of hydrogen-bond acceptors (Lipinski definition) is 3. The van der Waals surface area contributed by atoms with Gasteiger partial charge in [0.05, 0.1) is 12.6 Å². The number of hydrogen-bond donors (Lipinski definition) is 1. The van der Waals surface area contributed by atoms with Gasteiger partial charge in [0.2, 0.25) is 0 Å². The molecule has 1 heterocycles. The van der Waals surface area contributed by atoms with Gasteiger partial charge in [0.15, 0.2) is 0 Å². The van der Waals surface area contributed by atoms with Crippen molar-refractivity contribution in [1.82, 2.24) is 10.2 Å². The van der Waals surface area contributed by atoms with Crippen molar-refractivity contribution in [2.75, 3.05) is 20.1 Å². The first-order chi connectivity index (χ1) is 7.33. The van der Waals surface area contributed by atoms with Crippen molar-refractivity contribution in [3.05, 3.63) is 0 Å². The van der Waals surface area contributed by atoms with Crippen LogP contribution >= 0.6 is 0 Å². The molecule has 0 aliphatic carbocycles. The number of halogens is 1. The van der Waals surface area contributed by atoms with E-state index in [0.717, 1.165) is 0 Å². The van der Waals surface area contributed by atoms with Crippen molar-refractivity contribution in [1.29, 1.82) is 0 Å². The zero-order valence-electron chi connectivity index (χ0n) is 10.4. The third-order valence-corrected chi connectivity index (χ3v) is 2.43. The lowest BCUT2D eigenvalue weighted by molar-refractivity contribution is 0.0220. The van der Waals surface area contributed by atoms with E-state index in [9.17, 15) is 9.18 Å². The van der Waals surface area contributed by atoms with Crippen LogP contribution in [0.25, 0.3) is 0 Å². The van der Waals surface area contributed by atoms with Gasteiger partial charge in [0.25, 0.3) is 0 Å². The molecule has 0 aromatic carbocycles. The van der Waals surface area contributed by atoms with E-state index in [1.54, 1.807) is 27.8 Å². The molecule has 0 bridgehead atoms. The van der Waals surface area contributed by atoms with E-state index in [1.165, 1.54) is 4.90 Å². The Labute approximate surface area is 96.1 Å². The number of carbonyl (C=O) groups excluding carboxylic acids is 1. The molecule has 1 aliphatic heterocycles. The van der Waals surface area contributed by atoms with Gasteiger partial charge in [-0.25, -0.2) is 9.18 Å². The summed E-state index contributed by atoms with van der Waals surface area (Å²) in [5.74, 6) is 0. The van der Waals surface area contributed by atoms with Gasteiger partial charge >= 0.3 is 6.09 Å². The van der Waals surface area contributed by atoms with Gasteiger partial charge in [-0.15, -0.1) is 0 Å². The third-order valence-electron chi connectivity index (χ3n) is 2.43. The van der Waals surface area contributed by atoms with Crippen LogP contribution in [0.2, 0.25) is 0 Å². The van der Waals surface area contributed by atoms with Crippen LogP contribution in [0.5, 0.6) is 0 Å². The molecule has 0 aromatic heterocycles. The Morgan fingerprint density at radius 2 is 2.19 bits per heavy atom. The Kier molecular flexibility index (Phi) is 4.13. The summed E-state index contributed by atoms with van der Waals surface area (Å²) in [7, 11) is 1.79. The molecule has 1 N–H and O–H groups in total. The van der Waals surface area contributed by atoms with E-state index in [1.807, 2.05) is 0 Å². The van der Waals surface area contributed by atoms with Crippen molar-refractivity contribution in [2.45, 2.75) is 45.0 Å². The highest BCUT2D eigenvalue weighted by molar-refractivity contribution is 5.69. The monoisotopic (exact) mass is 232 g/mol. The SMILES string of the molecule is CNC[C@H]1C[C@H](F)CN1C(=O)OC(C)(C)C. The van der Waals surface area contributed by atoms with Crippen molar-refractivity contribution >= 4 is 6.09 Å². The maximum atomic E-state index is 13.3. The van der Waals surface area contributed by atoms with Crippen molar-refractivity contribution < 1.29 is 13.9 Å². The molecule has 1 rings (SSSR count). The lowest BCUT2D eigenvalue weighted by Crippen LogP contribution is -2.43. The Morgan fingerprint density at radius 1 is 1.56 bits per heavy atom. The largest absolute Gasteiger partial charge is 0.444 e. The summed E-state index contributed by atoms with van der Waals surface area (Å²) >= 11 is 0. The molecule has 0 spiro atoms. The first-order valence-electron chi connectivity index (χ1n) is 5.62. The normalized spacial score (nSPS) is 25.9. The average molecular weight is 232 g/mol. The van der Waals surface area contributed by atoms with E-state index in [-0.39, 0.29) is 12.6 Å². The van der Waals surface area contributed by atoms with E-state index < -0.39 is 17.9 Å². The Balaban J connectivity index is 2.59. The third kappa shape index (κ3) is 3.63. The molecule has 1 saturated heterocycles. The van der Waals surface area contributed by atoms with Gasteiger partial charge in [-0.2, -0.15) is 0 Å². The molecule has 1 aliphatic rings. The highest BCUT2D eigenvalue weighted by Crippen LogP contribution is 2.22. The summed E-state index contributed by atoms with van der Waals surface area (Å²) < 4.78 is 18.5. The maximum absolute atomic E-state index is 13.3. The van der Waals surface area contributed by atoms with Gasteiger partial charge in [0.1, 0.15) is 11.8 Å². The number of rotatable bonds is 2. The Bertz CT molecular complexity index is 253. The molecule has 5 heteroatoms. The number of ether oxygens (including phenoxy) is 1. The van der Waals surface area contributed by atoms with Crippen LogP contribution in [0.1, 0.15) is 27.2 Å². The quantitative estimate of drug-likeness (QED) is 0.785. The number of nitrogens with one attached hydrogen (secondary N) is 1. The molecule has 0 saturated carbocycles. The molecule has 1 fully saturated rings. The summed E-state index contributed by atoms with van der Waals surface area (Å²) in [5, 5.41) is 2.96. The highest BCUT2D eigenvalue weighted by atomic mass is 19.1. The predicted octanol–water partition coefficient (Wildman–Crippen LogP) is 1.55. The minimum Gasteiger partial charge on any atom is -0.444 e. The summed E-state index contributed by atoms with van der Waals surface area (Å²) in [5.41, 5.74) is -0.532. The van der Waals surface area contributed by atoms with E-state index >= 15 is 0 Å². The predicted molar refractivity (Wildman–Crippen MR) is 60.2 cm³/mol. The van der Waals surface area contributed by atoms with Gasteiger partial charge in [0, 0.05) is 13.0 Å². The van der Waals surface area contributed by atoms with Gasteiger partial charge in [-0.3, -0.25) is 0 Å². The lowest BCUT2D eigenvalue weighted by atomic mass is 10.2. The Morgan fingerprint density at radius 3 is 2.69 bits per heavy atom. The van der Waals surface area contributed by atoms with Gasteiger partial charge < -0.3 is 15.0 Å². The topological polar surface area (TPSA) is 41.6 Å². The molecule has 0 unspecified atom stereocenters. The molecule has 0 aromatic rings. The number of nitrogens with zero attached hydrogens (tertiary/aromatic N) is 1. The number of likely N-dealkylation sites (N-methyl/N-ethyl adjacent to an activating group) is 1. The van der Waals surface area contributed by atoms with Crippen LogP contribution in [0, 0.1) is 0 Å². The van der Waals surface area contributed by atoms with Crippen molar-refractivity contribution in [2.24, 2.45) is 0 Å². The van der Waals surface area contributed by atoms with Gasteiger partial charge in [-0.05, 0) is 27.8 Å². The van der Waals surface area contributed by atoms with Crippen LogP contribution < -0.4 is 5.32 Å². The second-order valence-corrected chi connectivity index (χ2v) is 5.18. The smallest absolute Gasteiger partial charge is 0.410 e. The summed E-state index contributed by atoms with van der Waals surface area (Å²) in [6.07, 6.45) is -0.973. The fourth-order valence-electron chi connectivity index (χ4n) is 1.83. The maximum Gasteiger partial charge on any atom is 0.410 e. The average Bonchev–Trinajstić information content (AvgIpc) is 2.44. The summed E-state index contributed by atoms with van der Waals surface area (Å²) in [6, 6.07) is -0.102. The van der Waals surface area contributed by atoms with Gasteiger partial charge in [-0.1, -0.05) is 0 Å². The summed E-state index contributed by atoms with van der Waals surface area (Å²) in [6.45, 7) is 6.16. The fraction of sp³-hybridized carbons (Fsp3) is 0.909. The molecule has 0 radical (unpaired) electrons. The van der Waals surface area contributed by atoms with Crippen LogP contribution in [0.4, 0.5) is 9.18 Å². The molecular formula is C11H21FN2O2. The molecular weight excluding hydrogens is 211 g/mol. The Hall–Kier alpha value is -0.840. The number of likely N-dealkylation sites (tertiary alicyclic amines) is 1. The van der Waals surface area contributed by atoms with E-state index in [4.69, 9.17) is 4.74 Å². The summed E-state index contributed by atoms with van der Waals surface area (Å²) in [4.78, 5) is 13.3. The van der Waals surface area contributed by atoms with Crippen LogP contribution in [-0.4, -0.2) is 48.9 Å². The fourth-order valence-corrected chi connectivity index (χ4v) is 1.83. The van der Waals surface area contributed by atoms with Crippen LogP contribution in [-0.2, 0) is 4.74 Å². The number of carbonyl (C=O) groups is 1. The zero-order valence-corrected chi connectivity index (χ0v) is 10.4. The first-order valence-corrected chi connectivity index (χ1v) is 5.62. The van der Waals surface area contributed by atoms with Crippen molar-refractivity contribution in [3.63, 3.8) is 0 Å². The number of amides is 1. The second-order valence-electron chi connectivity index (χ2n) is 5.18. The lowest BCUT2D eigenvalue weighted by Gasteiger charge is -2.28. The molecule has 94 valence electrons. The molecule has 1 amide bonds. The highest BCUT2D eigenvalue weighted by Gasteiger charge is 2.37. The molecule has 2 atom stereocenters. The number of alkyl halides is 1. The second kappa shape index (κ2) is 4.99. The minimum absolute atomic E-state index is 0.102. The van der Waals surface area contributed by atoms with Crippen LogP contribution in [0.3, 0.4) is 0 Å². The standard InChI is InChI=1S/C11H21FN2O2/c1-11(2,3)16-10(15)14-7-8(12)5-9(14)6-13-4/h8-9,13H,5-7H2,1-4H3/t8-,9+/m0/s1. The van der Waals surface area contributed by atoms with Crippen LogP contribution in [0.15, 0.2) is 0 Å². The molecule has 4 nitrogen and oxygen atoms in total. The minimum atomic E-state index is -0.939. The first kappa shape index (κ1) is 13.2. The van der Waals surface area contributed by atoms with E-state index in [0.29, 0.717) is 13.0 Å².